The average Bonchev–Trinajstić information content (AvgIpc) is 3.20. The topological polar surface area (TPSA) is 67.9 Å². The Kier molecular flexibility index (Phi) is 7.66. The quantitative estimate of drug-likeness (QED) is 0.163. The second-order valence-corrected chi connectivity index (χ2v) is 9.78. The molecule has 5 nitrogen and oxygen atoms in total. The highest BCUT2D eigenvalue weighted by Gasteiger charge is 2.25. The van der Waals surface area contributed by atoms with Crippen LogP contribution in [0.3, 0.4) is 0 Å². The number of allylic oxidation sites excluding steroid dienone is 2. The van der Waals surface area contributed by atoms with E-state index in [1.807, 2.05) is 66.8 Å². The number of nitrogens with two attached hydrogens (primary N) is 1. The first-order valence-electron chi connectivity index (χ1n) is 12.9. The molecule has 0 bridgehead atoms. The Morgan fingerprint density at radius 2 is 1.85 bits per heavy atom. The molecule has 2 N–H and O–H groups in total. The summed E-state index contributed by atoms with van der Waals surface area (Å²) in [7, 11) is 0. The maximum absolute atomic E-state index is 14.0. The fraction of sp³-hybridized carbons (Fsp3) is 0.152. The predicted molar refractivity (Wildman–Crippen MR) is 155 cm³/mol. The van der Waals surface area contributed by atoms with Crippen molar-refractivity contribution in [3.63, 3.8) is 0 Å². The van der Waals surface area contributed by atoms with E-state index in [0.29, 0.717) is 29.2 Å². The molecule has 196 valence electrons. The third kappa shape index (κ3) is 5.81. The van der Waals surface area contributed by atoms with Crippen LogP contribution in [0.5, 0.6) is 5.75 Å². The molecule has 0 radical (unpaired) electrons. The van der Waals surface area contributed by atoms with Crippen molar-refractivity contribution >= 4 is 22.6 Å². The summed E-state index contributed by atoms with van der Waals surface area (Å²) in [5.74, 6) is 6.90. The van der Waals surface area contributed by atoms with E-state index in [9.17, 15) is 9.18 Å². The van der Waals surface area contributed by atoms with Gasteiger partial charge in [0.25, 0.3) is 5.91 Å². The van der Waals surface area contributed by atoms with Crippen LogP contribution in [0.4, 0.5) is 4.39 Å². The Balaban J connectivity index is 1.65. The third-order valence-electron chi connectivity index (χ3n) is 6.61. The third-order valence-corrected chi connectivity index (χ3v) is 6.61. The summed E-state index contributed by atoms with van der Waals surface area (Å²) in [5.41, 5.74) is 4.01. The molecule has 1 aliphatic heterocycles. The minimum absolute atomic E-state index is 0.0287. The van der Waals surface area contributed by atoms with Gasteiger partial charge in [0.05, 0.1) is 12.1 Å². The second-order valence-electron chi connectivity index (χ2n) is 9.78. The summed E-state index contributed by atoms with van der Waals surface area (Å²) in [4.78, 5) is 18.4. The van der Waals surface area contributed by atoms with Gasteiger partial charge in [0.15, 0.2) is 5.90 Å². The molecule has 0 aliphatic carbocycles. The molecule has 0 spiro atoms. The molecule has 1 aliphatic rings. The molecule has 0 atom stereocenters. The molecular formula is C33H30FN3O2. The minimum atomic E-state index is -0.371. The maximum Gasteiger partial charge on any atom is 0.269 e. The van der Waals surface area contributed by atoms with Gasteiger partial charge in [-0.3, -0.25) is 9.80 Å². The Bertz CT molecular complexity index is 1610. The zero-order chi connectivity index (χ0) is 27.4. The fourth-order valence-electron chi connectivity index (χ4n) is 4.88. The average molecular weight is 520 g/mol. The van der Waals surface area contributed by atoms with Crippen molar-refractivity contribution in [2.45, 2.75) is 32.7 Å². The van der Waals surface area contributed by atoms with E-state index in [2.05, 4.69) is 24.9 Å². The molecule has 5 rings (SSSR count). The summed E-state index contributed by atoms with van der Waals surface area (Å²) < 4.78 is 19.9. The molecule has 1 heterocycles. The molecule has 6 heteroatoms. The number of ether oxygens (including phenoxy) is 1. The van der Waals surface area contributed by atoms with E-state index < -0.39 is 0 Å². The number of nitrogens with zero attached hydrogens (tertiary/aromatic N) is 2. The zero-order valence-corrected chi connectivity index (χ0v) is 22.0. The van der Waals surface area contributed by atoms with E-state index in [1.54, 1.807) is 18.3 Å². The van der Waals surface area contributed by atoms with E-state index in [0.717, 1.165) is 32.5 Å². The van der Waals surface area contributed by atoms with Gasteiger partial charge in [-0.15, -0.1) is 0 Å². The highest BCUT2D eigenvalue weighted by molar-refractivity contribution is 6.11. The van der Waals surface area contributed by atoms with E-state index in [1.165, 1.54) is 12.1 Å². The van der Waals surface area contributed by atoms with Gasteiger partial charge in [0.2, 0.25) is 0 Å². The SMILES string of the molecule is CC(C)c1c(-c2ccccc2)cc2cc(OC3=NC=CC=CC3)ccc2c1C(=O)N(N)Cc1cccc(F)c1. The Morgan fingerprint density at radius 3 is 2.62 bits per heavy atom. The fourth-order valence-corrected chi connectivity index (χ4v) is 4.88. The maximum atomic E-state index is 14.0. The number of hydrogen-bond donors (Lipinski definition) is 1. The van der Waals surface area contributed by atoms with Crippen molar-refractivity contribution in [2.24, 2.45) is 10.8 Å². The highest BCUT2D eigenvalue weighted by Crippen LogP contribution is 2.39. The van der Waals surface area contributed by atoms with Crippen molar-refractivity contribution in [1.82, 2.24) is 5.01 Å². The lowest BCUT2D eigenvalue weighted by molar-refractivity contribution is 0.0743. The van der Waals surface area contributed by atoms with E-state index in [-0.39, 0.29) is 24.2 Å². The smallest absolute Gasteiger partial charge is 0.269 e. The lowest BCUT2D eigenvalue weighted by atomic mass is 9.84. The van der Waals surface area contributed by atoms with Crippen LogP contribution >= 0.6 is 0 Å². The summed E-state index contributed by atoms with van der Waals surface area (Å²) in [6.45, 7) is 4.22. The van der Waals surface area contributed by atoms with Gasteiger partial charge in [0, 0.05) is 12.6 Å². The van der Waals surface area contributed by atoms with Crippen LogP contribution in [0.1, 0.15) is 47.7 Å². The van der Waals surface area contributed by atoms with Crippen molar-refractivity contribution in [2.75, 3.05) is 0 Å². The lowest BCUT2D eigenvalue weighted by Crippen LogP contribution is -2.37. The first-order chi connectivity index (χ1) is 18.9. The first kappa shape index (κ1) is 26.1. The molecule has 0 aromatic heterocycles. The van der Waals surface area contributed by atoms with Gasteiger partial charge >= 0.3 is 0 Å². The first-order valence-corrected chi connectivity index (χ1v) is 12.9. The molecule has 0 saturated heterocycles. The van der Waals surface area contributed by atoms with Crippen molar-refractivity contribution in [1.29, 1.82) is 0 Å². The standard InChI is InChI=1S/C33H30FN3O2/c1-22(2)31-29(24-11-5-3-6-12-24)20-25-19-27(39-30-14-7-4-8-17-36-30)15-16-28(25)32(31)33(38)37(35)21-23-10-9-13-26(34)18-23/h3-13,15-20,22H,14,21,35H2,1-2H3. The van der Waals surface area contributed by atoms with Crippen LogP contribution in [0.2, 0.25) is 0 Å². The molecule has 0 fully saturated rings. The normalized spacial score (nSPS) is 12.9. The van der Waals surface area contributed by atoms with Crippen molar-refractivity contribution in [3.05, 3.63) is 126 Å². The molecular weight excluding hydrogens is 489 g/mol. The number of rotatable bonds is 6. The monoisotopic (exact) mass is 519 g/mol. The predicted octanol–water partition coefficient (Wildman–Crippen LogP) is 7.54. The van der Waals surface area contributed by atoms with E-state index in [4.69, 9.17) is 10.6 Å². The van der Waals surface area contributed by atoms with Crippen LogP contribution in [0.25, 0.3) is 21.9 Å². The van der Waals surface area contributed by atoms with E-state index >= 15 is 0 Å². The Hall–Kier alpha value is -4.55. The van der Waals surface area contributed by atoms with Crippen molar-refractivity contribution in [3.8, 4) is 16.9 Å². The minimum Gasteiger partial charge on any atom is -0.443 e. The lowest BCUT2D eigenvalue weighted by Gasteiger charge is -2.24. The van der Waals surface area contributed by atoms with Crippen LogP contribution in [-0.4, -0.2) is 16.8 Å². The Labute approximate surface area is 227 Å². The molecule has 4 aromatic rings. The molecule has 0 saturated carbocycles. The molecule has 0 unspecified atom stereocenters. The zero-order valence-electron chi connectivity index (χ0n) is 22.0. The van der Waals surface area contributed by atoms with Crippen molar-refractivity contribution < 1.29 is 13.9 Å². The Morgan fingerprint density at radius 1 is 1.03 bits per heavy atom. The second kappa shape index (κ2) is 11.5. The van der Waals surface area contributed by atoms with Crippen LogP contribution < -0.4 is 10.6 Å². The van der Waals surface area contributed by atoms with Gasteiger partial charge in [-0.1, -0.05) is 68.5 Å². The summed E-state index contributed by atoms with van der Waals surface area (Å²) in [6.07, 6.45) is 8.06. The van der Waals surface area contributed by atoms with Gasteiger partial charge in [0.1, 0.15) is 11.6 Å². The molecule has 1 amide bonds. The number of hydrogen-bond acceptors (Lipinski definition) is 4. The molecule has 39 heavy (non-hydrogen) atoms. The van der Waals surface area contributed by atoms with Gasteiger partial charge in [-0.05, 0) is 81.4 Å². The summed E-state index contributed by atoms with van der Waals surface area (Å²) >= 11 is 0. The summed E-state index contributed by atoms with van der Waals surface area (Å²) in [6, 6.07) is 23.9. The number of carbonyl (C=O) groups is 1. The largest absolute Gasteiger partial charge is 0.443 e. The highest BCUT2D eigenvalue weighted by atomic mass is 19.1. The number of amides is 1. The molecule has 4 aromatic carbocycles. The van der Waals surface area contributed by atoms with Gasteiger partial charge < -0.3 is 4.74 Å². The number of hydrazine groups is 1. The van der Waals surface area contributed by atoms with Gasteiger partial charge in [-0.25, -0.2) is 15.2 Å². The number of fused-ring (bicyclic) bond motifs is 1. The number of carbonyl (C=O) groups excluding carboxylic acids is 1. The summed E-state index contributed by atoms with van der Waals surface area (Å²) in [5, 5.41) is 2.78. The van der Waals surface area contributed by atoms with Crippen LogP contribution in [-0.2, 0) is 6.54 Å². The number of benzene rings is 4. The van der Waals surface area contributed by atoms with Crippen LogP contribution in [0, 0.1) is 5.82 Å². The van der Waals surface area contributed by atoms with Crippen LogP contribution in [0.15, 0.2) is 108 Å². The number of halogens is 1. The van der Waals surface area contributed by atoms with Gasteiger partial charge in [-0.2, -0.15) is 0 Å². The number of aliphatic imine (C=N–C) groups is 1.